The van der Waals surface area contributed by atoms with E-state index in [0.717, 1.165) is 6.42 Å². The lowest BCUT2D eigenvalue weighted by Crippen LogP contribution is -2.24. The maximum Gasteiger partial charge on any atom is 0.262 e. The number of amides is 1. The third-order valence-electron chi connectivity index (χ3n) is 4.15. The first-order valence-electron chi connectivity index (χ1n) is 8.10. The van der Waals surface area contributed by atoms with Crippen molar-refractivity contribution < 1.29 is 22.7 Å². The SMILES string of the molecule is COc1cccc(S(=O)(=O)Nc2ccc(N3CCCC3=O)c(OC)c2)c1. The molecule has 1 aliphatic rings. The molecule has 0 unspecified atom stereocenters. The normalized spacial score (nSPS) is 14.4. The molecule has 1 fully saturated rings. The second-order valence-corrected chi connectivity index (χ2v) is 7.50. The number of methoxy groups -OCH3 is 2. The van der Waals surface area contributed by atoms with Crippen molar-refractivity contribution in [3.05, 3.63) is 42.5 Å². The molecule has 1 amide bonds. The van der Waals surface area contributed by atoms with Crippen molar-refractivity contribution in [2.75, 3.05) is 30.4 Å². The van der Waals surface area contributed by atoms with Gasteiger partial charge < -0.3 is 14.4 Å². The van der Waals surface area contributed by atoms with Gasteiger partial charge in [-0.3, -0.25) is 9.52 Å². The second kappa shape index (κ2) is 7.25. The third-order valence-corrected chi connectivity index (χ3v) is 5.53. The summed E-state index contributed by atoms with van der Waals surface area (Å²) in [7, 11) is -0.819. The van der Waals surface area contributed by atoms with E-state index in [1.807, 2.05) is 0 Å². The van der Waals surface area contributed by atoms with Crippen LogP contribution in [0.1, 0.15) is 12.8 Å². The number of rotatable bonds is 6. The molecule has 1 heterocycles. The first kappa shape index (κ1) is 18.1. The molecule has 1 aliphatic heterocycles. The Labute approximate surface area is 152 Å². The smallest absolute Gasteiger partial charge is 0.262 e. The minimum absolute atomic E-state index is 0.0352. The number of carbonyl (C=O) groups excluding carboxylic acids is 1. The molecule has 3 rings (SSSR count). The van der Waals surface area contributed by atoms with Gasteiger partial charge in [0.1, 0.15) is 11.5 Å². The summed E-state index contributed by atoms with van der Waals surface area (Å²) in [5.41, 5.74) is 0.986. The predicted molar refractivity (Wildman–Crippen MR) is 98.4 cm³/mol. The molecule has 0 spiro atoms. The Bertz CT molecular complexity index is 927. The Morgan fingerprint density at radius 3 is 2.54 bits per heavy atom. The van der Waals surface area contributed by atoms with Gasteiger partial charge in [-0.2, -0.15) is 0 Å². The molecule has 7 nitrogen and oxygen atoms in total. The van der Waals surface area contributed by atoms with Crippen molar-refractivity contribution in [2.24, 2.45) is 0 Å². The number of carbonyl (C=O) groups is 1. The number of hydrogen-bond acceptors (Lipinski definition) is 5. The van der Waals surface area contributed by atoms with Gasteiger partial charge in [0.2, 0.25) is 5.91 Å². The number of nitrogens with one attached hydrogen (secondary N) is 1. The minimum atomic E-state index is -3.78. The van der Waals surface area contributed by atoms with Crippen LogP contribution in [0.25, 0.3) is 0 Å². The molecule has 0 radical (unpaired) electrons. The maximum absolute atomic E-state index is 12.6. The Morgan fingerprint density at radius 1 is 1.08 bits per heavy atom. The van der Waals surface area contributed by atoms with Gasteiger partial charge in [-0.05, 0) is 30.7 Å². The van der Waals surface area contributed by atoms with Gasteiger partial charge in [-0.1, -0.05) is 6.07 Å². The number of anilines is 2. The van der Waals surface area contributed by atoms with Crippen LogP contribution in [0.3, 0.4) is 0 Å². The number of ether oxygens (including phenoxy) is 2. The van der Waals surface area contributed by atoms with Crippen molar-refractivity contribution in [3.8, 4) is 11.5 Å². The molecular weight excluding hydrogens is 356 g/mol. The second-order valence-electron chi connectivity index (χ2n) is 5.82. The number of nitrogens with zero attached hydrogens (tertiary/aromatic N) is 1. The summed E-state index contributed by atoms with van der Waals surface area (Å²) >= 11 is 0. The lowest BCUT2D eigenvalue weighted by atomic mass is 10.2. The van der Waals surface area contributed by atoms with Gasteiger partial charge in [0.05, 0.1) is 30.5 Å². The van der Waals surface area contributed by atoms with Gasteiger partial charge in [0.15, 0.2) is 0 Å². The molecule has 0 bridgehead atoms. The first-order valence-corrected chi connectivity index (χ1v) is 9.58. The molecule has 8 heteroatoms. The zero-order valence-electron chi connectivity index (χ0n) is 14.6. The topological polar surface area (TPSA) is 84.9 Å². The van der Waals surface area contributed by atoms with Crippen LogP contribution in [0.4, 0.5) is 11.4 Å². The van der Waals surface area contributed by atoms with Crippen LogP contribution in [0.15, 0.2) is 47.4 Å². The average Bonchev–Trinajstić information content (AvgIpc) is 3.07. The van der Waals surface area contributed by atoms with E-state index >= 15 is 0 Å². The zero-order valence-corrected chi connectivity index (χ0v) is 15.4. The molecule has 138 valence electrons. The number of sulfonamides is 1. The summed E-state index contributed by atoms with van der Waals surface area (Å²) in [6, 6.07) is 11.1. The predicted octanol–water partition coefficient (Wildman–Crippen LogP) is 2.63. The average molecular weight is 376 g/mol. The highest BCUT2D eigenvalue weighted by molar-refractivity contribution is 7.92. The fraction of sp³-hybridized carbons (Fsp3) is 0.278. The molecule has 0 atom stereocenters. The summed E-state index contributed by atoms with van der Waals surface area (Å²) in [6.07, 6.45) is 1.31. The molecule has 0 saturated carbocycles. The van der Waals surface area contributed by atoms with E-state index < -0.39 is 10.0 Å². The molecule has 26 heavy (non-hydrogen) atoms. The molecule has 2 aromatic carbocycles. The van der Waals surface area contributed by atoms with E-state index in [1.54, 1.807) is 35.2 Å². The minimum Gasteiger partial charge on any atom is -0.497 e. The van der Waals surface area contributed by atoms with Crippen LogP contribution in [-0.2, 0) is 14.8 Å². The number of benzene rings is 2. The first-order chi connectivity index (χ1) is 12.4. The molecule has 0 aromatic heterocycles. The van der Waals surface area contributed by atoms with Gasteiger partial charge in [0, 0.05) is 25.1 Å². The Hall–Kier alpha value is -2.74. The fourth-order valence-corrected chi connectivity index (χ4v) is 3.93. The van der Waals surface area contributed by atoms with Crippen molar-refractivity contribution >= 4 is 27.3 Å². The van der Waals surface area contributed by atoms with E-state index in [2.05, 4.69) is 4.72 Å². The summed E-state index contributed by atoms with van der Waals surface area (Å²) in [5, 5.41) is 0. The lowest BCUT2D eigenvalue weighted by molar-refractivity contribution is -0.117. The van der Waals surface area contributed by atoms with Crippen LogP contribution >= 0.6 is 0 Å². The summed E-state index contributed by atoms with van der Waals surface area (Å²) < 4.78 is 38.1. The van der Waals surface area contributed by atoms with Crippen LogP contribution < -0.4 is 19.1 Å². The molecule has 1 saturated heterocycles. The third kappa shape index (κ3) is 3.60. The van der Waals surface area contributed by atoms with Gasteiger partial charge in [-0.25, -0.2) is 8.42 Å². The summed E-state index contributed by atoms with van der Waals surface area (Å²) in [5.74, 6) is 0.924. The zero-order chi connectivity index (χ0) is 18.7. The van der Waals surface area contributed by atoms with Gasteiger partial charge in [-0.15, -0.1) is 0 Å². The van der Waals surface area contributed by atoms with Crippen LogP contribution in [0, 0.1) is 0 Å². The quantitative estimate of drug-likeness (QED) is 0.838. The van der Waals surface area contributed by atoms with Crippen molar-refractivity contribution in [1.29, 1.82) is 0 Å². The van der Waals surface area contributed by atoms with E-state index in [-0.39, 0.29) is 10.8 Å². The monoisotopic (exact) mass is 376 g/mol. The van der Waals surface area contributed by atoms with Crippen molar-refractivity contribution in [1.82, 2.24) is 0 Å². The van der Waals surface area contributed by atoms with E-state index in [0.29, 0.717) is 35.8 Å². The van der Waals surface area contributed by atoms with Crippen LogP contribution in [0.5, 0.6) is 11.5 Å². The van der Waals surface area contributed by atoms with Crippen molar-refractivity contribution in [3.63, 3.8) is 0 Å². The molecule has 1 N–H and O–H groups in total. The molecular formula is C18H20N2O5S. The maximum atomic E-state index is 12.6. The van der Waals surface area contributed by atoms with E-state index in [1.165, 1.54) is 26.4 Å². The Balaban J connectivity index is 1.88. The van der Waals surface area contributed by atoms with E-state index in [4.69, 9.17) is 9.47 Å². The fourth-order valence-electron chi connectivity index (χ4n) is 2.85. The largest absolute Gasteiger partial charge is 0.497 e. The Morgan fingerprint density at radius 2 is 1.88 bits per heavy atom. The van der Waals surface area contributed by atoms with Gasteiger partial charge >= 0.3 is 0 Å². The summed E-state index contributed by atoms with van der Waals surface area (Å²) in [6.45, 7) is 0.629. The summed E-state index contributed by atoms with van der Waals surface area (Å²) in [4.78, 5) is 13.7. The van der Waals surface area contributed by atoms with Gasteiger partial charge in [0.25, 0.3) is 10.0 Å². The Kier molecular flexibility index (Phi) is 5.03. The van der Waals surface area contributed by atoms with Crippen LogP contribution in [-0.4, -0.2) is 35.1 Å². The number of hydrogen-bond donors (Lipinski definition) is 1. The van der Waals surface area contributed by atoms with E-state index in [9.17, 15) is 13.2 Å². The highest BCUT2D eigenvalue weighted by Gasteiger charge is 2.25. The standard InChI is InChI=1S/C18H20N2O5S/c1-24-14-5-3-6-15(12-14)26(22,23)19-13-8-9-16(17(11-13)25-2)20-10-4-7-18(20)21/h3,5-6,8-9,11-12,19H,4,7,10H2,1-2H3. The molecule has 2 aromatic rings. The highest BCUT2D eigenvalue weighted by atomic mass is 32.2. The van der Waals surface area contributed by atoms with Crippen molar-refractivity contribution in [2.45, 2.75) is 17.7 Å². The highest BCUT2D eigenvalue weighted by Crippen LogP contribution is 2.34. The molecule has 0 aliphatic carbocycles. The van der Waals surface area contributed by atoms with Crippen LogP contribution in [0.2, 0.25) is 0 Å². The lowest BCUT2D eigenvalue weighted by Gasteiger charge is -2.20.